The van der Waals surface area contributed by atoms with Crippen molar-refractivity contribution in [3.05, 3.63) is 70.8 Å². The number of amides is 2. The molecule has 1 atom stereocenters. The molecule has 152 valence electrons. The lowest BCUT2D eigenvalue weighted by Crippen LogP contribution is -2.37. The Morgan fingerprint density at radius 2 is 1.62 bits per heavy atom. The number of carbonyl (C=O) groups excluding carboxylic acids is 3. The molecule has 29 heavy (non-hydrogen) atoms. The molecule has 0 spiro atoms. The van der Waals surface area contributed by atoms with Crippen molar-refractivity contribution in [1.29, 1.82) is 0 Å². The van der Waals surface area contributed by atoms with Gasteiger partial charge in [0, 0.05) is 24.2 Å². The Morgan fingerprint density at radius 1 is 1.00 bits per heavy atom. The van der Waals surface area contributed by atoms with Gasteiger partial charge >= 0.3 is 5.97 Å². The summed E-state index contributed by atoms with van der Waals surface area (Å²) in [5, 5.41) is 2.58. The minimum absolute atomic E-state index is 0.220. The highest BCUT2D eigenvalue weighted by Crippen LogP contribution is 2.23. The number of benzene rings is 2. The minimum Gasteiger partial charge on any atom is -0.446 e. The molecule has 6 nitrogen and oxygen atoms in total. The molecule has 0 aromatic heterocycles. The molecule has 1 heterocycles. The summed E-state index contributed by atoms with van der Waals surface area (Å²) in [5.74, 6) is -1.22. The van der Waals surface area contributed by atoms with Crippen LogP contribution in [0.4, 0.5) is 0 Å². The number of carbonyl (C=O) groups is 3. The SMILES string of the molecule is Cc1cc(C)cc(C(=O)NCC(=O)OC(C(=O)N2CCCC2)c2ccccc2)c1. The molecule has 1 fully saturated rings. The maximum absolute atomic E-state index is 12.9. The number of nitrogens with zero attached hydrogens (tertiary/aromatic N) is 1. The van der Waals surface area contributed by atoms with E-state index < -0.39 is 12.1 Å². The van der Waals surface area contributed by atoms with Crippen LogP contribution in [0.15, 0.2) is 48.5 Å². The van der Waals surface area contributed by atoms with Gasteiger partial charge < -0.3 is 15.0 Å². The van der Waals surface area contributed by atoms with Crippen LogP contribution in [0.25, 0.3) is 0 Å². The fourth-order valence-corrected chi connectivity index (χ4v) is 3.53. The van der Waals surface area contributed by atoms with Crippen molar-refractivity contribution < 1.29 is 19.1 Å². The summed E-state index contributed by atoms with van der Waals surface area (Å²) in [6, 6.07) is 14.5. The van der Waals surface area contributed by atoms with Crippen molar-refractivity contribution in [3.63, 3.8) is 0 Å². The molecule has 6 heteroatoms. The summed E-state index contributed by atoms with van der Waals surface area (Å²) in [5.41, 5.74) is 3.05. The molecule has 2 amide bonds. The molecule has 0 bridgehead atoms. The zero-order chi connectivity index (χ0) is 20.8. The summed E-state index contributed by atoms with van der Waals surface area (Å²) >= 11 is 0. The van der Waals surface area contributed by atoms with Crippen molar-refractivity contribution in [2.24, 2.45) is 0 Å². The fourth-order valence-electron chi connectivity index (χ4n) is 3.53. The second-order valence-electron chi connectivity index (χ2n) is 7.37. The van der Waals surface area contributed by atoms with Crippen LogP contribution in [0.3, 0.4) is 0 Å². The summed E-state index contributed by atoms with van der Waals surface area (Å²) in [6.07, 6.45) is 0.903. The number of ether oxygens (including phenoxy) is 1. The van der Waals surface area contributed by atoms with Gasteiger partial charge in [-0.25, -0.2) is 0 Å². The molecule has 2 aromatic rings. The van der Waals surface area contributed by atoms with Gasteiger partial charge in [-0.05, 0) is 38.8 Å². The maximum Gasteiger partial charge on any atom is 0.326 e. The first-order chi connectivity index (χ1) is 13.9. The fraction of sp³-hybridized carbons (Fsp3) is 0.348. The van der Waals surface area contributed by atoms with Gasteiger partial charge in [0.05, 0.1) is 0 Å². The van der Waals surface area contributed by atoms with Gasteiger partial charge in [-0.3, -0.25) is 14.4 Å². The molecular formula is C23H26N2O4. The van der Waals surface area contributed by atoms with Gasteiger partial charge in [-0.2, -0.15) is 0 Å². The summed E-state index contributed by atoms with van der Waals surface area (Å²) < 4.78 is 5.50. The van der Waals surface area contributed by atoms with E-state index >= 15 is 0 Å². The van der Waals surface area contributed by atoms with E-state index in [0.29, 0.717) is 24.2 Å². The first-order valence-corrected chi connectivity index (χ1v) is 9.84. The van der Waals surface area contributed by atoms with Gasteiger partial charge in [-0.1, -0.05) is 47.5 Å². The molecule has 1 N–H and O–H groups in total. The number of nitrogens with one attached hydrogen (secondary N) is 1. The van der Waals surface area contributed by atoms with Crippen molar-refractivity contribution in [3.8, 4) is 0 Å². The molecule has 1 unspecified atom stereocenters. The number of hydrogen-bond acceptors (Lipinski definition) is 4. The predicted molar refractivity (Wildman–Crippen MR) is 109 cm³/mol. The molecule has 0 saturated carbocycles. The van der Waals surface area contributed by atoms with E-state index in [1.807, 2.05) is 26.0 Å². The number of rotatable bonds is 6. The van der Waals surface area contributed by atoms with Crippen LogP contribution in [-0.2, 0) is 14.3 Å². The minimum atomic E-state index is -1.00. The van der Waals surface area contributed by atoms with E-state index in [1.165, 1.54) is 0 Å². The van der Waals surface area contributed by atoms with Gasteiger partial charge in [0.2, 0.25) is 6.10 Å². The quantitative estimate of drug-likeness (QED) is 0.765. The smallest absolute Gasteiger partial charge is 0.326 e. The van der Waals surface area contributed by atoms with Crippen LogP contribution in [0.2, 0.25) is 0 Å². The summed E-state index contributed by atoms with van der Waals surface area (Å²) in [4.78, 5) is 39.4. The van der Waals surface area contributed by atoms with Crippen molar-refractivity contribution in [2.45, 2.75) is 32.8 Å². The lowest BCUT2D eigenvalue weighted by atomic mass is 10.1. The number of likely N-dealkylation sites (tertiary alicyclic amines) is 1. The zero-order valence-corrected chi connectivity index (χ0v) is 16.8. The third-order valence-corrected chi connectivity index (χ3v) is 4.87. The molecule has 1 aliphatic heterocycles. The van der Waals surface area contributed by atoms with Crippen molar-refractivity contribution >= 4 is 17.8 Å². The highest BCUT2D eigenvalue weighted by molar-refractivity contribution is 5.96. The van der Waals surface area contributed by atoms with E-state index in [9.17, 15) is 14.4 Å². The zero-order valence-electron chi connectivity index (χ0n) is 16.8. The molecule has 3 rings (SSSR count). The van der Waals surface area contributed by atoms with E-state index in [0.717, 1.165) is 24.0 Å². The molecule has 1 saturated heterocycles. The standard InChI is InChI=1S/C23H26N2O4/c1-16-12-17(2)14-19(13-16)22(27)24-15-20(26)29-21(18-8-4-3-5-9-18)23(28)25-10-6-7-11-25/h3-5,8-9,12-14,21H,6-7,10-11,15H2,1-2H3,(H,24,27). The molecule has 0 aliphatic carbocycles. The second kappa shape index (κ2) is 9.37. The molecule has 0 radical (unpaired) electrons. The Balaban J connectivity index is 1.65. The first-order valence-electron chi connectivity index (χ1n) is 9.84. The highest BCUT2D eigenvalue weighted by atomic mass is 16.5. The third-order valence-electron chi connectivity index (χ3n) is 4.87. The Morgan fingerprint density at radius 3 is 2.24 bits per heavy atom. The average molecular weight is 394 g/mol. The van der Waals surface area contributed by atoms with Crippen LogP contribution >= 0.6 is 0 Å². The lowest BCUT2D eigenvalue weighted by molar-refractivity contribution is -0.159. The third kappa shape index (κ3) is 5.44. The Bertz CT molecular complexity index is 869. The van der Waals surface area contributed by atoms with E-state index in [2.05, 4.69) is 5.32 Å². The largest absolute Gasteiger partial charge is 0.446 e. The van der Waals surface area contributed by atoms with Crippen LogP contribution in [0.1, 0.15) is 46.0 Å². The van der Waals surface area contributed by atoms with Gasteiger partial charge in [-0.15, -0.1) is 0 Å². The number of hydrogen-bond donors (Lipinski definition) is 1. The predicted octanol–water partition coefficient (Wildman–Crippen LogP) is 2.94. The monoisotopic (exact) mass is 394 g/mol. The van der Waals surface area contributed by atoms with Gasteiger partial charge in [0.25, 0.3) is 11.8 Å². The highest BCUT2D eigenvalue weighted by Gasteiger charge is 2.30. The summed E-state index contributed by atoms with van der Waals surface area (Å²) in [7, 11) is 0. The molecular weight excluding hydrogens is 368 g/mol. The van der Waals surface area contributed by atoms with E-state index in [4.69, 9.17) is 4.74 Å². The van der Waals surface area contributed by atoms with E-state index in [1.54, 1.807) is 41.3 Å². The Kier molecular flexibility index (Phi) is 6.65. The lowest BCUT2D eigenvalue weighted by Gasteiger charge is -2.23. The van der Waals surface area contributed by atoms with Crippen molar-refractivity contribution in [1.82, 2.24) is 10.2 Å². The van der Waals surface area contributed by atoms with Crippen LogP contribution in [0.5, 0.6) is 0 Å². The topological polar surface area (TPSA) is 75.7 Å². The average Bonchev–Trinajstić information content (AvgIpc) is 3.24. The van der Waals surface area contributed by atoms with Crippen LogP contribution in [0, 0.1) is 13.8 Å². The Hall–Kier alpha value is -3.15. The summed E-state index contributed by atoms with van der Waals surface area (Å²) in [6.45, 7) is 4.85. The number of esters is 1. The van der Waals surface area contributed by atoms with Gasteiger partial charge in [0.1, 0.15) is 6.54 Å². The van der Waals surface area contributed by atoms with Crippen LogP contribution in [-0.4, -0.2) is 42.3 Å². The van der Waals surface area contributed by atoms with Crippen molar-refractivity contribution in [2.75, 3.05) is 19.6 Å². The first kappa shape index (κ1) is 20.6. The van der Waals surface area contributed by atoms with E-state index in [-0.39, 0.29) is 18.4 Å². The van der Waals surface area contributed by atoms with Crippen LogP contribution < -0.4 is 5.32 Å². The van der Waals surface area contributed by atoms with Gasteiger partial charge in [0.15, 0.2) is 0 Å². The second-order valence-corrected chi connectivity index (χ2v) is 7.37. The normalized spacial score (nSPS) is 14.3. The number of aryl methyl sites for hydroxylation is 2. The maximum atomic E-state index is 12.9. The molecule has 1 aliphatic rings. The molecule has 2 aromatic carbocycles. The Labute approximate surface area is 170 Å².